The van der Waals surface area contributed by atoms with E-state index in [1.165, 1.54) is 7.11 Å². The maximum Gasteiger partial charge on any atom is 0.255 e. The molecule has 1 atom stereocenters. The van der Waals surface area contributed by atoms with Crippen molar-refractivity contribution in [3.63, 3.8) is 0 Å². The number of methoxy groups -OCH3 is 3. The number of carbonyl (C=O) groups excluding carboxylic acids is 1. The topological polar surface area (TPSA) is 68.8 Å². The Balaban J connectivity index is 2.09. The van der Waals surface area contributed by atoms with Crippen LogP contribution in [0.4, 0.5) is 0 Å². The van der Waals surface area contributed by atoms with Gasteiger partial charge in [-0.25, -0.2) is 0 Å². The summed E-state index contributed by atoms with van der Waals surface area (Å²) in [7, 11) is 4.75. The van der Waals surface area contributed by atoms with E-state index in [1.54, 1.807) is 32.4 Å². The summed E-state index contributed by atoms with van der Waals surface area (Å²) in [5, 5.41) is 6.41. The predicted octanol–water partition coefficient (Wildman–Crippen LogP) is 1.20. The number of carbonyl (C=O) groups is 1. The molecular weight excluding hydrogens is 284 g/mol. The van der Waals surface area contributed by atoms with Gasteiger partial charge in [0.2, 0.25) is 0 Å². The zero-order chi connectivity index (χ0) is 16.0. The molecule has 22 heavy (non-hydrogen) atoms. The molecule has 1 aromatic carbocycles. The highest BCUT2D eigenvalue weighted by Gasteiger charge is 2.34. The van der Waals surface area contributed by atoms with Crippen molar-refractivity contribution in [3.05, 3.63) is 23.8 Å². The second kappa shape index (κ2) is 7.47. The van der Waals surface area contributed by atoms with Gasteiger partial charge in [-0.15, -0.1) is 0 Å². The zero-order valence-corrected chi connectivity index (χ0v) is 13.4. The van der Waals surface area contributed by atoms with E-state index in [0.29, 0.717) is 30.2 Å². The molecule has 6 nitrogen and oxygen atoms in total. The molecule has 1 aliphatic rings. The first kappa shape index (κ1) is 16.6. The molecule has 0 saturated carbocycles. The van der Waals surface area contributed by atoms with Crippen LogP contribution in [0.25, 0.3) is 0 Å². The molecule has 1 amide bonds. The van der Waals surface area contributed by atoms with Crippen LogP contribution < -0.4 is 20.1 Å². The number of amides is 1. The highest BCUT2D eigenvalue weighted by molar-refractivity contribution is 5.97. The second-order valence-electron chi connectivity index (χ2n) is 5.47. The normalized spacial score (nSPS) is 20.7. The van der Waals surface area contributed by atoms with E-state index in [-0.39, 0.29) is 11.4 Å². The van der Waals surface area contributed by atoms with Gasteiger partial charge in [-0.05, 0) is 31.5 Å². The van der Waals surface area contributed by atoms with E-state index in [2.05, 4.69) is 10.6 Å². The highest BCUT2D eigenvalue weighted by atomic mass is 16.5. The lowest BCUT2D eigenvalue weighted by Crippen LogP contribution is -2.53. The van der Waals surface area contributed by atoms with Gasteiger partial charge >= 0.3 is 0 Å². The molecule has 1 aliphatic heterocycles. The van der Waals surface area contributed by atoms with Crippen molar-refractivity contribution in [2.45, 2.75) is 18.4 Å². The summed E-state index contributed by atoms with van der Waals surface area (Å²) in [5.74, 6) is 0.809. The molecule has 0 bridgehead atoms. The zero-order valence-electron chi connectivity index (χ0n) is 13.4. The first-order valence-electron chi connectivity index (χ1n) is 7.39. The fourth-order valence-electron chi connectivity index (χ4n) is 2.88. The number of para-hydroxylation sites is 1. The van der Waals surface area contributed by atoms with Crippen molar-refractivity contribution < 1.29 is 19.0 Å². The van der Waals surface area contributed by atoms with Gasteiger partial charge in [0.1, 0.15) is 0 Å². The first-order chi connectivity index (χ1) is 10.7. The lowest BCUT2D eigenvalue weighted by Gasteiger charge is -2.29. The number of hydrogen-bond acceptors (Lipinski definition) is 5. The number of hydrogen-bond donors (Lipinski definition) is 2. The Labute approximate surface area is 131 Å². The Morgan fingerprint density at radius 1 is 1.32 bits per heavy atom. The third kappa shape index (κ3) is 3.51. The minimum Gasteiger partial charge on any atom is -0.493 e. The summed E-state index contributed by atoms with van der Waals surface area (Å²) in [6, 6.07) is 5.26. The second-order valence-corrected chi connectivity index (χ2v) is 5.47. The van der Waals surface area contributed by atoms with Crippen molar-refractivity contribution in [2.24, 2.45) is 0 Å². The smallest absolute Gasteiger partial charge is 0.255 e. The van der Waals surface area contributed by atoms with Crippen LogP contribution in [0.5, 0.6) is 11.5 Å². The van der Waals surface area contributed by atoms with Crippen LogP contribution in [-0.4, -0.2) is 52.5 Å². The molecule has 1 aromatic rings. The summed E-state index contributed by atoms with van der Waals surface area (Å²) in [5.41, 5.74) is 0.281. The summed E-state index contributed by atoms with van der Waals surface area (Å²) < 4.78 is 15.8. The molecule has 2 rings (SSSR count). The van der Waals surface area contributed by atoms with E-state index in [4.69, 9.17) is 14.2 Å². The van der Waals surface area contributed by atoms with Gasteiger partial charge in [-0.3, -0.25) is 4.79 Å². The average Bonchev–Trinajstić information content (AvgIpc) is 3.01. The Hall–Kier alpha value is -1.79. The highest BCUT2D eigenvalue weighted by Crippen LogP contribution is 2.30. The lowest BCUT2D eigenvalue weighted by molar-refractivity contribution is 0.0889. The van der Waals surface area contributed by atoms with Gasteiger partial charge in [0.25, 0.3) is 5.91 Å². The number of benzene rings is 1. The summed E-state index contributed by atoms with van der Waals surface area (Å²) in [6.07, 6.45) is 2.07. The van der Waals surface area contributed by atoms with E-state index >= 15 is 0 Å². The Bertz CT molecular complexity index is 513. The van der Waals surface area contributed by atoms with Crippen LogP contribution in [-0.2, 0) is 4.74 Å². The molecule has 1 heterocycles. The summed E-state index contributed by atoms with van der Waals surface area (Å²) in [4.78, 5) is 12.5. The largest absolute Gasteiger partial charge is 0.493 e. The van der Waals surface area contributed by atoms with Crippen molar-refractivity contribution in [3.8, 4) is 11.5 Å². The minimum absolute atomic E-state index is 0.181. The van der Waals surface area contributed by atoms with Crippen molar-refractivity contribution in [2.75, 3.05) is 41.0 Å². The predicted molar refractivity (Wildman–Crippen MR) is 83.7 cm³/mol. The van der Waals surface area contributed by atoms with Crippen LogP contribution in [0.15, 0.2) is 18.2 Å². The molecule has 0 spiro atoms. The van der Waals surface area contributed by atoms with Gasteiger partial charge in [0.05, 0.1) is 31.9 Å². The molecule has 122 valence electrons. The molecule has 1 unspecified atom stereocenters. The fourth-order valence-corrected chi connectivity index (χ4v) is 2.88. The van der Waals surface area contributed by atoms with Crippen molar-refractivity contribution in [1.29, 1.82) is 0 Å². The van der Waals surface area contributed by atoms with Gasteiger partial charge < -0.3 is 24.8 Å². The van der Waals surface area contributed by atoms with E-state index in [0.717, 1.165) is 19.4 Å². The maximum atomic E-state index is 12.5. The van der Waals surface area contributed by atoms with Crippen molar-refractivity contribution >= 4 is 5.91 Å². The molecule has 1 saturated heterocycles. The third-order valence-corrected chi connectivity index (χ3v) is 3.99. The molecule has 1 fully saturated rings. The third-order valence-electron chi connectivity index (χ3n) is 3.99. The molecule has 2 N–H and O–H groups in total. The number of nitrogens with one attached hydrogen (secondary N) is 2. The van der Waals surface area contributed by atoms with Gasteiger partial charge in [0, 0.05) is 13.7 Å². The van der Waals surface area contributed by atoms with E-state index in [9.17, 15) is 4.79 Å². The van der Waals surface area contributed by atoms with E-state index in [1.807, 2.05) is 0 Å². The van der Waals surface area contributed by atoms with Crippen LogP contribution in [0, 0.1) is 0 Å². The molecule has 0 aromatic heterocycles. The molecular formula is C16H24N2O4. The summed E-state index contributed by atoms with van der Waals surface area (Å²) in [6.45, 7) is 2.03. The Morgan fingerprint density at radius 2 is 2.14 bits per heavy atom. The standard InChI is InChI=1S/C16H24N2O4/c1-20-11-16(8-5-9-18-16)10-17-15(19)12-6-4-7-13(21-2)14(12)22-3/h4,6-7,18H,5,8-11H2,1-3H3,(H,17,19). The maximum absolute atomic E-state index is 12.5. The first-order valence-corrected chi connectivity index (χ1v) is 7.39. The monoisotopic (exact) mass is 308 g/mol. The SMILES string of the molecule is COCC1(CNC(=O)c2cccc(OC)c2OC)CCCN1. The van der Waals surface area contributed by atoms with Crippen LogP contribution in [0.3, 0.4) is 0 Å². The Kier molecular flexibility index (Phi) is 5.63. The average molecular weight is 308 g/mol. The number of ether oxygens (including phenoxy) is 3. The fraction of sp³-hybridized carbons (Fsp3) is 0.562. The molecule has 0 radical (unpaired) electrons. The number of rotatable bonds is 7. The Morgan fingerprint density at radius 3 is 2.73 bits per heavy atom. The minimum atomic E-state index is -0.184. The van der Waals surface area contributed by atoms with Crippen molar-refractivity contribution in [1.82, 2.24) is 10.6 Å². The van der Waals surface area contributed by atoms with Crippen LogP contribution >= 0.6 is 0 Å². The van der Waals surface area contributed by atoms with Crippen LogP contribution in [0.2, 0.25) is 0 Å². The quantitative estimate of drug-likeness (QED) is 0.792. The van der Waals surface area contributed by atoms with E-state index < -0.39 is 0 Å². The van der Waals surface area contributed by atoms with Gasteiger partial charge in [0.15, 0.2) is 11.5 Å². The van der Waals surface area contributed by atoms with Gasteiger partial charge in [-0.2, -0.15) is 0 Å². The summed E-state index contributed by atoms with van der Waals surface area (Å²) >= 11 is 0. The van der Waals surface area contributed by atoms with Crippen LogP contribution in [0.1, 0.15) is 23.2 Å². The molecule has 0 aliphatic carbocycles. The molecule has 6 heteroatoms. The van der Waals surface area contributed by atoms with Gasteiger partial charge in [-0.1, -0.05) is 6.07 Å². The lowest BCUT2D eigenvalue weighted by atomic mass is 9.98.